The number of hydrogen-bond donors (Lipinski definition) is 0. The Bertz CT molecular complexity index is 2640. The number of furan rings is 1. The summed E-state index contributed by atoms with van der Waals surface area (Å²) in [5.41, 5.74) is 14.5. The molecule has 0 spiro atoms. The van der Waals surface area contributed by atoms with Gasteiger partial charge in [-0.2, -0.15) is 0 Å². The Balaban J connectivity index is 1.20. The molecule has 1 aromatic heterocycles. The minimum atomic E-state index is -0.490. The first kappa shape index (κ1) is 29.3. The van der Waals surface area contributed by atoms with Crippen molar-refractivity contribution in [2.75, 3.05) is 4.90 Å². The summed E-state index contributed by atoms with van der Waals surface area (Å²) in [5, 5.41) is 2.24. The second-order valence-electron chi connectivity index (χ2n) is 13.3. The Hall–Kier alpha value is -6.64. The van der Waals surface area contributed by atoms with Crippen molar-refractivity contribution in [3.05, 3.63) is 222 Å². The zero-order valence-corrected chi connectivity index (χ0v) is 27.9. The van der Waals surface area contributed by atoms with Gasteiger partial charge in [0.2, 0.25) is 0 Å². The van der Waals surface area contributed by atoms with E-state index in [4.69, 9.17) is 4.42 Å². The maximum atomic E-state index is 6.42. The van der Waals surface area contributed by atoms with Gasteiger partial charge in [-0.15, -0.1) is 0 Å². The van der Waals surface area contributed by atoms with Crippen LogP contribution in [0.2, 0.25) is 0 Å². The quantitative estimate of drug-likeness (QED) is 0.178. The number of rotatable bonds is 6. The average Bonchev–Trinajstić information content (AvgIpc) is 3.73. The van der Waals surface area contributed by atoms with Gasteiger partial charge in [0.1, 0.15) is 11.2 Å². The highest BCUT2D eigenvalue weighted by Crippen LogP contribution is 2.56. The molecule has 0 N–H and O–H groups in total. The summed E-state index contributed by atoms with van der Waals surface area (Å²) >= 11 is 0. The van der Waals surface area contributed by atoms with Crippen molar-refractivity contribution >= 4 is 39.0 Å². The smallest absolute Gasteiger partial charge is 0.137 e. The van der Waals surface area contributed by atoms with Crippen LogP contribution in [0.5, 0.6) is 0 Å². The van der Waals surface area contributed by atoms with Gasteiger partial charge in [-0.1, -0.05) is 152 Å². The van der Waals surface area contributed by atoms with Crippen molar-refractivity contribution in [3.63, 3.8) is 0 Å². The number of hydrogen-bond acceptors (Lipinski definition) is 2. The molecule has 0 bridgehead atoms. The standard InChI is InChI=1S/C49H33NO/c1-3-14-34(15-4-1)35-26-28-38(29-27-35)50(40-30-31-44-43-22-9-12-25-47(43)51-48(44)33-40)39-19-13-18-37(32-39)49(36-16-5-2-6-17-36)45-23-10-7-20-41(45)42-21-8-11-24-46(42)49/h1-33H. The highest BCUT2D eigenvalue weighted by molar-refractivity contribution is 6.06. The number of nitrogens with zero attached hydrogens (tertiary/aromatic N) is 1. The molecular formula is C49H33NO. The van der Waals surface area contributed by atoms with E-state index < -0.39 is 5.41 Å². The predicted octanol–water partition coefficient (Wildman–Crippen LogP) is 13.1. The van der Waals surface area contributed by atoms with Crippen LogP contribution in [0.3, 0.4) is 0 Å². The summed E-state index contributed by atoms with van der Waals surface area (Å²) in [4.78, 5) is 2.36. The normalized spacial score (nSPS) is 12.9. The fourth-order valence-electron chi connectivity index (χ4n) is 8.32. The van der Waals surface area contributed by atoms with Crippen LogP contribution in [0.25, 0.3) is 44.2 Å². The van der Waals surface area contributed by atoms with Gasteiger partial charge in [0.05, 0.1) is 5.41 Å². The zero-order valence-electron chi connectivity index (χ0n) is 27.9. The second-order valence-corrected chi connectivity index (χ2v) is 13.3. The summed E-state index contributed by atoms with van der Waals surface area (Å²) in [6.07, 6.45) is 0. The van der Waals surface area contributed by atoms with Crippen LogP contribution < -0.4 is 4.90 Å². The van der Waals surface area contributed by atoms with E-state index in [9.17, 15) is 0 Å². The largest absolute Gasteiger partial charge is 0.456 e. The molecule has 9 aromatic rings. The highest BCUT2D eigenvalue weighted by atomic mass is 16.3. The van der Waals surface area contributed by atoms with Crippen molar-refractivity contribution < 1.29 is 4.42 Å². The second kappa shape index (κ2) is 11.8. The third kappa shape index (κ3) is 4.57. The van der Waals surface area contributed by atoms with E-state index in [1.807, 2.05) is 12.1 Å². The van der Waals surface area contributed by atoms with Crippen molar-refractivity contribution in [2.45, 2.75) is 5.41 Å². The zero-order chi connectivity index (χ0) is 33.8. The van der Waals surface area contributed by atoms with Crippen LogP contribution in [-0.2, 0) is 5.41 Å². The molecule has 8 aromatic carbocycles. The first-order valence-corrected chi connectivity index (χ1v) is 17.5. The van der Waals surface area contributed by atoms with Crippen molar-refractivity contribution in [1.82, 2.24) is 0 Å². The Labute approximate surface area is 297 Å². The molecule has 0 fully saturated rings. The van der Waals surface area contributed by atoms with Crippen molar-refractivity contribution in [2.24, 2.45) is 0 Å². The summed E-state index contributed by atoms with van der Waals surface area (Å²) in [5.74, 6) is 0. The topological polar surface area (TPSA) is 16.4 Å². The summed E-state index contributed by atoms with van der Waals surface area (Å²) in [6, 6.07) is 72.2. The molecule has 0 amide bonds. The Kier molecular flexibility index (Phi) is 6.75. The van der Waals surface area contributed by atoms with Gasteiger partial charge in [0.15, 0.2) is 0 Å². The average molecular weight is 652 g/mol. The minimum Gasteiger partial charge on any atom is -0.456 e. The van der Waals surface area contributed by atoms with E-state index in [0.717, 1.165) is 39.0 Å². The van der Waals surface area contributed by atoms with Gasteiger partial charge in [0, 0.05) is 33.9 Å². The van der Waals surface area contributed by atoms with Crippen molar-refractivity contribution in [1.29, 1.82) is 0 Å². The van der Waals surface area contributed by atoms with Gasteiger partial charge in [-0.3, -0.25) is 0 Å². The molecule has 1 aliphatic carbocycles. The fraction of sp³-hybridized carbons (Fsp3) is 0.0204. The molecule has 0 saturated heterocycles. The Morgan fingerprint density at radius 3 is 1.65 bits per heavy atom. The fourth-order valence-corrected chi connectivity index (χ4v) is 8.32. The van der Waals surface area contributed by atoms with Gasteiger partial charge < -0.3 is 9.32 Å². The molecule has 2 heteroatoms. The van der Waals surface area contributed by atoms with Crippen molar-refractivity contribution in [3.8, 4) is 22.3 Å². The molecule has 0 aliphatic heterocycles. The van der Waals surface area contributed by atoms with Crippen LogP contribution in [0, 0.1) is 0 Å². The molecule has 0 radical (unpaired) electrons. The van der Waals surface area contributed by atoms with E-state index in [2.05, 4.69) is 193 Å². The first-order chi connectivity index (χ1) is 25.3. The molecule has 0 unspecified atom stereocenters. The molecule has 1 aliphatic rings. The lowest BCUT2D eigenvalue weighted by Crippen LogP contribution is -2.28. The third-order valence-electron chi connectivity index (χ3n) is 10.5. The van der Waals surface area contributed by atoms with Crippen LogP contribution >= 0.6 is 0 Å². The van der Waals surface area contributed by atoms with Gasteiger partial charge >= 0.3 is 0 Å². The molecule has 0 saturated carbocycles. The summed E-state index contributed by atoms with van der Waals surface area (Å²) < 4.78 is 6.42. The van der Waals surface area contributed by atoms with Crippen LogP contribution in [0.4, 0.5) is 17.1 Å². The number of para-hydroxylation sites is 1. The molecular weight excluding hydrogens is 619 g/mol. The molecule has 0 atom stereocenters. The van der Waals surface area contributed by atoms with E-state index in [1.54, 1.807) is 0 Å². The van der Waals surface area contributed by atoms with Crippen LogP contribution in [0.1, 0.15) is 22.3 Å². The summed E-state index contributed by atoms with van der Waals surface area (Å²) in [7, 11) is 0. The lowest BCUT2D eigenvalue weighted by atomic mass is 9.67. The molecule has 10 rings (SSSR count). The number of fused-ring (bicyclic) bond motifs is 6. The van der Waals surface area contributed by atoms with E-state index in [-0.39, 0.29) is 0 Å². The predicted molar refractivity (Wildman–Crippen MR) is 211 cm³/mol. The van der Waals surface area contributed by atoms with E-state index in [0.29, 0.717) is 0 Å². The van der Waals surface area contributed by atoms with E-state index in [1.165, 1.54) is 44.5 Å². The maximum absolute atomic E-state index is 6.42. The third-order valence-corrected chi connectivity index (χ3v) is 10.5. The van der Waals surface area contributed by atoms with Gasteiger partial charge in [-0.05, 0) is 87.0 Å². The SMILES string of the molecule is c1ccc(-c2ccc(N(c3cccc(C4(c5ccccc5)c5ccccc5-c5ccccc54)c3)c3ccc4c(c3)oc3ccccc34)cc2)cc1. The molecule has 51 heavy (non-hydrogen) atoms. The molecule has 2 nitrogen and oxygen atoms in total. The monoisotopic (exact) mass is 651 g/mol. The highest BCUT2D eigenvalue weighted by Gasteiger charge is 2.46. The minimum absolute atomic E-state index is 0.490. The van der Waals surface area contributed by atoms with E-state index >= 15 is 0 Å². The first-order valence-electron chi connectivity index (χ1n) is 17.5. The van der Waals surface area contributed by atoms with Crippen LogP contribution in [0.15, 0.2) is 205 Å². The maximum Gasteiger partial charge on any atom is 0.137 e. The Morgan fingerprint density at radius 2 is 0.902 bits per heavy atom. The Morgan fingerprint density at radius 1 is 0.353 bits per heavy atom. The molecule has 1 heterocycles. The van der Waals surface area contributed by atoms with Gasteiger partial charge in [0.25, 0.3) is 0 Å². The van der Waals surface area contributed by atoms with Crippen LogP contribution in [-0.4, -0.2) is 0 Å². The lowest BCUT2D eigenvalue weighted by molar-refractivity contribution is 0.669. The molecule has 240 valence electrons. The number of benzene rings is 8. The number of anilines is 3. The lowest BCUT2D eigenvalue weighted by Gasteiger charge is -2.35. The van der Waals surface area contributed by atoms with Gasteiger partial charge in [-0.25, -0.2) is 0 Å². The summed E-state index contributed by atoms with van der Waals surface area (Å²) in [6.45, 7) is 0.